The molecule has 0 atom stereocenters. The van der Waals surface area contributed by atoms with Crippen molar-refractivity contribution in [2.45, 2.75) is 31.6 Å². The summed E-state index contributed by atoms with van der Waals surface area (Å²) >= 11 is 0. The van der Waals surface area contributed by atoms with Gasteiger partial charge in [-0.25, -0.2) is 0 Å². The van der Waals surface area contributed by atoms with Crippen LogP contribution in [0.5, 0.6) is 0 Å². The van der Waals surface area contributed by atoms with Crippen molar-refractivity contribution in [3.8, 4) is 0 Å². The molecule has 0 amide bonds. The van der Waals surface area contributed by atoms with Crippen LogP contribution >= 0.6 is 0 Å². The molecule has 0 fully saturated rings. The Morgan fingerprint density at radius 3 is 1.61 bits per heavy atom. The van der Waals surface area contributed by atoms with Crippen molar-refractivity contribution in [1.29, 1.82) is 0 Å². The maximum Gasteiger partial charge on any atom is 0.297 e. The van der Waals surface area contributed by atoms with Crippen LogP contribution in [-0.2, 0) is 38.0 Å². The van der Waals surface area contributed by atoms with Crippen LogP contribution in [0, 0.1) is 6.92 Å². The summed E-state index contributed by atoms with van der Waals surface area (Å²) in [5.41, 5.74) is 0.985. The molecule has 0 aromatic heterocycles. The van der Waals surface area contributed by atoms with Gasteiger partial charge in [0.05, 0.1) is 71.0 Å². The predicted molar refractivity (Wildman–Crippen MR) is 126 cm³/mol. The quantitative estimate of drug-likeness (QED) is 0.182. The lowest BCUT2D eigenvalue weighted by atomic mass is 10.2. The zero-order valence-electron chi connectivity index (χ0n) is 20.1. The molecule has 0 bridgehead atoms. The topological polar surface area (TPSA) is 102 Å². The van der Waals surface area contributed by atoms with E-state index in [1.54, 1.807) is 12.1 Å². The van der Waals surface area contributed by atoms with Gasteiger partial charge in [0.25, 0.3) is 10.1 Å². The third-order valence-electron chi connectivity index (χ3n) is 4.33. The Kier molecular flexibility index (Phi) is 18.4. The van der Waals surface area contributed by atoms with Gasteiger partial charge in [-0.1, -0.05) is 24.6 Å². The van der Waals surface area contributed by atoms with Crippen molar-refractivity contribution in [1.82, 2.24) is 5.32 Å². The molecule has 1 aromatic carbocycles. The van der Waals surface area contributed by atoms with E-state index in [0.717, 1.165) is 38.1 Å². The molecular weight excluding hydrogens is 450 g/mol. The van der Waals surface area contributed by atoms with Gasteiger partial charge in [-0.3, -0.25) is 4.18 Å². The lowest BCUT2D eigenvalue weighted by molar-refractivity contribution is -0.0126. The van der Waals surface area contributed by atoms with Crippen LogP contribution in [0.2, 0.25) is 0 Å². The molecule has 0 aliphatic rings. The fourth-order valence-corrected chi connectivity index (χ4v) is 3.45. The first-order chi connectivity index (χ1) is 16.1. The minimum Gasteiger partial charge on any atom is -0.379 e. The molecule has 0 heterocycles. The number of rotatable bonds is 23. The number of nitrogens with one attached hydrogen (secondary N) is 1. The Morgan fingerprint density at radius 2 is 1.12 bits per heavy atom. The van der Waals surface area contributed by atoms with E-state index in [-0.39, 0.29) is 18.1 Å². The maximum absolute atomic E-state index is 12.0. The average Bonchev–Trinajstić information content (AvgIpc) is 2.80. The van der Waals surface area contributed by atoms with Gasteiger partial charge in [-0.05, 0) is 45.0 Å². The summed E-state index contributed by atoms with van der Waals surface area (Å²) in [5, 5.41) is 3.33. The molecule has 0 aliphatic heterocycles. The Bertz CT molecular complexity index is 670. The van der Waals surface area contributed by atoms with Crippen molar-refractivity contribution in [3.63, 3.8) is 0 Å². The summed E-state index contributed by atoms with van der Waals surface area (Å²) in [6.07, 6.45) is 2.16. The zero-order valence-corrected chi connectivity index (χ0v) is 20.9. The summed E-state index contributed by atoms with van der Waals surface area (Å²) in [6, 6.07) is 6.51. The summed E-state index contributed by atoms with van der Waals surface area (Å²) < 4.78 is 56.0. The summed E-state index contributed by atoms with van der Waals surface area (Å²) in [5.74, 6) is 0. The van der Waals surface area contributed by atoms with Crippen molar-refractivity contribution in [2.75, 3.05) is 85.8 Å². The molecule has 0 spiro atoms. The van der Waals surface area contributed by atoms with Gasteiger partial charge in [0.1, 0.15) is 0 Å². The molecule has 9 nitrogen and oxygen atoms in total. The van der Waals surface area contributed by atoms with Crippen LogP contribution in [0.3, 0.4) is 0 Å². The van der Waals surface area contributed by atoms with Crippen LogP contribution in [0.15, 0.2) is 29.2 Å². The van der Waals surface area contributed by atoms with E-state index in [0.29, 0.717) is 52.9 Å². The smallest absolute Gasteiger partial charge is 0.297 e. The van der Waals surface area contributed by atoms with E-state index in [2.05, 4.69) is 12.2 Å². The number of ether oxygens (including phenoxy) is 5. The van der Waals surface area contributed by atoms with Gasteiger partial charge in [-0.2, -0.15) is 8.42 Å². The maximum atomic E-state index is 12.0. The number of aryl methyl sites for hydroxylation is 1. The van der Waals surface area contributed by atoms with Crippen molar-refractivity contribution in [3.05, 3.63) is 29.8 Å². The SMILES string of the molecule is CCCNCCCOCCOCCOCCOCCOCCOS(=O)(=O)c1ccc(C)cc1. The molecule has 33 heavy (non-hydrogen) atoms. The van der Waals surface area contributed by atoms with Crippen LogP contribution < -0.4 is 5.32 Å². The van der Waals surface area contributed by atoms with Crippen molar-refractivity contribution >= 4 is 10.1 Å². The van der Waals surface area contributed by atoms with Gasteiger partial charge < -0.3 is 29.0 Å². The minimum atomic E-state index is -3.75. The molecule has 0 aliphatic carbocycles. The largest absolute Gasteiger partial charge is 0.379 e. The summed E-state index contributed by atoms with van der Waals surface area (Å²) in [7, 11) is -3.75. The number of benzene rings is 1. The summed E-state index contributed by atoms with van der Waals surface area (Å²) in [4.78, 5) is 0.140. The van der Waals surface area contributed by atoms with E-state index in [1.165, 1.54) is 12.1 Å². The van der Waals surface area contributed by atoms with Gasteiger partial charge in [0, 0.05) is 6.61 Å². The van der Waals surface area contributed by atoms with Crippen LogP contribution in [0.1, 0.15) is 25.3 Å². The van der Waals surface area contributed by atoms with Crippen molar-refractivity contribution in [2.24, 2.45) is 0 Å². The minimum absolute atomic E-state index is 0.0411. The van der Waals surface area contributed by atoms with Gasteiger partial charge in [-0.15, -0.1) is 0 Å². The third kappa shape index (κ3) is 17.0. The first kappa shape index (κ1) is 29.9. The third-order valence-corrected chi connectivity index (χ3v) is 5.66. The highest BCUT2D eigenvalue weighted by Crippen LogP contribution is 2.12. The second-order valence-corrected chi connectivity index (χ2v) is 8.87. The van der Waals surface area contributed by atoms with E-state index in [1.807, 2.05) is 6.92 Å². The standard InChI is InChI=1S/C23H41NO8S/c1-3-9-24-10-4-11-27-12-13-28-14-15-29-16-17-30-18-19-31-20-21-32-33(25,26)23-7-5-22(2)6-8-23/h5-8,24H,3-4,9-21H2,1-2H3. The lowest BCUT2D eigenvalue weighted by Crippen LogP contribution is -2.18. The molecule has 0 unspecified atom stereocenters. The highest BCUT2D eigenvalue weighted by molar-refractivity contribution is 7.86. The van der Waals surface area contributed by atoms with Gasteiger partial charge in [0.15, 0.2) is 0 Å². The second kappa shape index (κ2) is 20.3. The summed E-state index contributed by atoms with van der Waals surface area (Å²) in [6.45, 7) is 10.8. The molecular formula is C23H41NO8S. The van der Waals surface area contributed by atoms with Crippen molar-refractivity contribution < 1.29 is 36.3 Å². The van der Waals surface area contributed by atoms with Crippen LogP contribution in [-0.4, -0.2) is 94.2 Å². The molecule has 0 radical (unpaired) electrons. The van der Waals surface area contributed by atoms with E-state index >= 15 is 0 Å². The number of hydrogen-bond donors (Lipinski definition) is 1. The Morgan fingerprint density at radius 1 is 0.667 bits per heavy atom. The highest BCUT2D eigenvalue weighted by Gasteiger charge is 2.14. The molecule has 10 heteroatoms. The first-order valence-corrected chi connectivity index (χ1v) is 13.0. The molecule has 1 aromatic rings. The molecule has 1 N–H and O–H groups in total. The van der Waals surface area contributed by atoms with Gasteiger partial charge in [0.2, 0.25) is 0 Å². The molecule has 1 rings (SSSR count). The van der Waals surface area contributed by atoms with E-state index in [4.69, 9.17) is 27.9 Å². The fraction of sp³-hybridized carbons (Fsp3) is 0.739. The van der Waals surface area contributed by atoms with Crippen LogP contribution in [0.25, 0.3) is 0 Å². The lowest BCUT2D eigenvalue weighted by Gasteiger charge is -2.08. The Balaban J connectivity index is 1.79. The van der Waals surface area contributed by atoms with Crippen LogP contribution in [0.4, 0.5) is 0 Å². The fourth-order valence-electron chi connectivity index (χ4n) is 2.56. The molecule has 0 saturated heterocycles. The second-order valence-electron chi connectivity index (χ2n) is 7.25. The van der Waals surface area contributed by atoms with E-state index in [9.17, 15) is 8.42 Å². The predicted octanol–water partition coefficient (Wildman–Crippen LogP) is 2.17. The molecule has 192 valence electrons. The Hall–Kier alpha value is -1.11. The highest BCUT2D eigenvalue weighted by atomic mass is 32.2. The first-order valence-electron chi connectivity index (χ1n) is 11.6. The van der Waals surface area contributed by atoms with E-state index < -0.39 is 10.1 Å². The molecule has 0 saturated carbocycles. The monoisotopic (exact) mass is 491 g/mol. The van der Waals surface area contributed by atoms with Gasteiger partial charge >= 0.3 is 0 Å². The number of hydrogen-bond acceptors (Lipinski definition) is 9. The Labute approximate surface area is 199 Å². The average molecular weight is 492 g/mol. The normalized spacial score (nSPS) is 11.8. The zero-order chi connectivity index (χ0) is 24.0.